The lowest BCUT2D eigenvalue weighted by Crippen LogP contribution is -2.05. The molecule has 0 amide bonds. The third-order valence-corrected chi connectivity index (χ3v) is 2.02. The molecule has 1 aromatic carbocycles. The number of hydrogen-bond acceptors (Lipinski definition) is 3. The van der Waals surface area contributed by atoms with E-state index in [1.807, 2.05) is 30.3 Å². The van der Waals surface area contributed by atoms with E-state index in [0.717, 1.165) is 5.56 Å². The van der Waals surface area contributed by atoms with Gasteiger partial charge in [-0.05, 0) is 0 Å². The molecule has 2 nitrogen and oxygen atoms in total. The van der Waals surface area contributed by atoms with Crippen LogP contribution in [0.3, 0.4) is 0 Å². The maximum atomic E-state index is 10.9. The van der Waals surface area contributed by atoms with Crippen molar-refractivity contribution in [2.45, 2.75) is 18.8 Å². The zero-order valence-electron chi connectivity index (χ0n) is 7.43. The molecule has 0 N–H and O–H groups in total. The Morgan fingerprint density at radius 3 is 2.62 bits per heavy atom. The van der Waals surface area contributed by atoms with Gasteiger partial charge >= 0.3 is 5.97 Å². The van der Waals surface area contributed by atoms with Gasteiger partial charge in [-0.15, -0.1) is 12.6 Å². The van der Waals surface area contributed by atoms with Crippen LogP contribution in [0.25, 0.3) is 0 Å². The molecule has 0 saturated carbocycles. The topological polar surface area (TPSA) is 26.3 Å². The Labute approximate surface area is 83.3 Å². The molecule has 0 aliphatic heterocycles. The fourth-order valence-electron chi connectivity index (χ4n) is 0.894. The van der Waals surface area contributed by atoms with Crippen LogP contribution in [0, 0.1) is 0 Å². The van der Waals surface area contributed by atoms with Gasteiger partial charge < -0.3 is 4.74 Å². The number of rotatable bonds is 3. The molecule has 0 aliphatic rings. The first-order valence-corrected chi connectivity index (χ1v) is 4.68. The molecule has 1 atom stereocenters. The Hall–Kier alpha value is -0.960. The molecule has 0 bridgehead atoms. The quantitative estimate of drug-likeness (QED) is 0.457. The third-order valence-electron chi connectivity index (χ3n) is 1.62. The Kier molecular flexibility index (Phi) is 3.83. The van der Waals surface area contributed by atoms with Gasteiger partial charge in [-0.25, -0.2) is 0 Å². The second-order valence-corrected chi connectivity index (χ2v) is 3.08. The molecule has 1 aromatic rings. The van der Waals surface area contributed by atoms with E-state index in [2.05, 4.69) is 12.6 Å². The van der Waals surface area contributed by atoms with Gasteiger partial charge in [0.15, 0.2) is 5.44 Å². The lowest BCUT2D eigenvalue weighted by atomic mass is 10.2. The van der Waals surface area contributed by atoms with Crippen molar-refractivity contribution in [2.24, 2.45) is 0 Å². The molecular formula is C10H12O2S. The molecule has 0 spiro atoms. The second kappa shape index (κ2) is 4.92. The minimum absolute atomic E-state index is 0.233. The summed E-state index contributed by atoms with van der Waals surface area (Å²) in [6.45, 7) is 1.76. The highest BCUT2D eigenvalue weighted by atomic mass is 32.1. The van der Waals surface area contributed by atoms with Crippen molar-refractivity contribution >= 4 is 18.6 Å². The third kappa shape index (κ3) is 3.11. The summed E-state index contributed by atoms with van der Waals surface area (Å²) < 4.78 is 5.01. The minimum atomic E-state index is -0.450. The molecule has 0 radical (unpaired) electrons. The molecular weight excluding hydrogens is 184 g/mol. The van der Waals surface area contributed by atoms with Crippen molar-refractivity contribution in [1.82, 2.24) is 0 Å². The predicted octanol–water partition coefficient (Wildman–Crippen LogP) is 2.57. The van der Waals surface area contributed by atoms with Crippen molar-refractivity contribution in [3.05, 3.63) is 35.9 Å². The molecule has 70 valence electrons. The summed E-state index contributed by atoms with van der Waals surface area (Å²) in [7, 11) is 0. The molecule has 0 aromatic heterocycles. The van der Waals surface area contributed by atoms with Crippen LogP contribution in [0.15, 0.2) is 30.3 Å². The first-order chi connectivity index (χ1) is 6.24. The fourth-order valence-corrected chi connectivity index (χ4v) is 1.18. The maximum Gasteiger partial charge on any atom is 0.306 e. The molecule has 0 heterocycles. The van der Waals surface area contributed by atoms with E-state index in [9.17, 15) is 4.79 Å². The van der Waals surface area contributed by atoms with Crippen molar-refractivity contribution in [1.29, 1.82) is 0 Å². The number of thiol groups is 1. The summed E-state index contributed by atoms with van der Waals surface area (Å²) in [5.74, 6) is -0.233. The van der Waals surface area contributed by atoms with Crippen LogP contribution in [-0.4, -0.2) is 5.97 Å². The standard InChI is InChI=1S/C10H12O2S/c1-2-9(11)12-10(13)8-6-4-3-5-7-8/h3-7,10,13H,2H2,1H3. The van der Waals surface area contributed by atoms with E-state index in [0.29, 0.717) is 6.42 Å². The molecule has 3 heteroatoms. The SMILES string of the molecule is CCC(=O)OC(S)c1ccccc1. The van der Waals surface area contributed by atoms with E-state index in [-0.39, 0.29) is 5.97 Å². The number of hydrogen-bond donors (Lipinski definition) is 1. The van der Waals surface area contributed by atoms with Crippen molar-refractivity contribution < 1.29 is 9.53 Å². The highest BCUT2D eigenvalue weighted by Crippen LogP contribution is 2.20. The van der Waals surface area contributed by atoms with Gasteiger partial charge in [0.05, 0.1) is 0 Å². The van der Waals surface area contributed by atoms with E-state index in [1.165, 1.54) is 0 Å². The Morgan fingerprint density at radius 2 is 2.08 bits per heavy atom. The molecule has 1 rings (SSSR count). The van der Waals surface area contributed by atoms with Crippen LogP contribution >= 0.6 is 12.6 Å². The zero-order valence-corrected chi connectivity index (χ0v) is 8.33. The molecule has 13 heavy (non-hydrogen) atoms. The van der Waals surface area contributed by atoms with Crippen molar-refractivity contribution in [2.75, 3.05) is 0 Å². The fraction of sp³-hybridized carbons (Fsp3) is 0.300. The summed E-state index contributed by atoms with van der Waals surface area (Å²) in [6.07, 6.45) is 0.379. The van der Waals surface area contributed by atoms with Gasteiger partial charge in [-0.3, -0.25) is 4.79 Å². The van der Waals surface area contributed by atoms with E-state index >= 15 is 0 Å². The minimum Gasteiger partial charge on any atom is -0.447 e. The van der Waals surface area contributed by atoms with Crippen molar-refractivity contribution in [3.63, 3.8) is 0 Å². The summed E-state index contributed by atoms with van der Waals surface area (Å²) in [5.41, 5.74) is 0.446. The van der Waals surface area contributed by atoms with Crippen LogP contribution in [-0.2, 0) is 9.53 Å². The number of ether oxygens (including phenoxy) is 1. The number of carbonyl (C=O) groups excluding carboxylic acids is 1. The molecule has 1 unspecified atom stereocenters. The van der Waals surface area contributed by atoms with Gasteiger partial charge in [-0.1, -0.05) is 37.3 Å². The van der Waals surface area contributed by atoms with Crippen LogP contribution < -0.4 is 0 Å². The van der Waals surface area contributed by atoms with Gasteiger partial charge in [0.25, 0.3) is 0 Å². The summed E-state index contributed by atoms with van der Waals surface area (Å²) in [6, 6.07) is 9.43. The van der Waals surface area contributed by atoms with Crippen LogP contribution in [0.5, 0.6) is 0 Å². The largest absolute Gasteiger partial charge is 0.447 e. The van der Waals surface area contributed by atoms with E-state index in [1.54, 1.807) is 6.92 Å². The summed E-state index contributed by atoms with van der Waals surface area (Å²) in [4.78, 5) is 10.9. The van der Waals surface area contributed by atoms with Gasteiger partial charge in [0, 0.05) is 12.0 Å². The van der Waals surface area contributed by atoms with Gasteiger partial charge in [-0.2, -0.15) is 0 Å². The highest BCUT2D eigenvalue weighted by Gasteiger charge is 2.09. The average molecular weight is 196 g/mol. The maximum absolute atomic E-state index is 10.9. The highest BCUT2D eigenvalue weighted by molar-refractivity contribution is 7.80. The number of benzene rings is 1. The zero-order chi connectivity index (χ0) is 9.68. The van der Waals surface area contributed by atoms with Crippen LogP contribution in [0.1, 0.15) is 24.3 Å². The summed E-state index contributed by atoms with van der Waals surface area (Å²) >= 11 is 4.17. The normalized spacial score (nSPS) is 12.2. The Bertz CT molecular complexity index is 272. The van der Waals surface area contributed by atoms with Crippen LogP contribution in [0.2, 0.25) is 0 Å². The van der Waals surface area contributed by atoms with E-state index in [4.69, 9.17) is 4.74 Å². The smallest absolute Gasteiger partial charge is 0.306 e. The second-order valence-electron chi connectivity index (χ2n) is 2.61. The molecule has 0 saturated heterocycles. The Morgan fingerprint density at radius 1 is 1.46 bits per heavy atom. The van der Waals surface area contributed by atoms with Gasteiger partial charge in [0.1, 0.15) is 0 Å². The first-order valence-electron chi connectivity index (χ1n) is 4.16. The Balaban J connectivity index is 2.59. The molecule has 0 aliphatic carbocycles. The molecule has 0 fully saturated rings. The van der Waals surface area contributed by atoms with Gasteiger partial charge in [0.2, 0.25) is 0 Å². The lowest BCUT2D eigenvalue weighted by Gasteiger charge is -2.11. The number of esters is 1. The average Bonchev–Trinajstić information content (AvgIpc) is 2.19. The lowest BCUT2D eigenvalue weighted by molar-refractivity contribution is -0.144. The summed E-state index contributed by atoms with van der Waals surface area (Å²) in [5, 5.41) is 0. The number of carbonyl (C=O) groups is 1. The van der Waals surface area contributed by atoms with Crippen LogP contribution in [0.4, 0.5) is 0 Å². The first kappa shape index (κ1) is 10.1. The van der Waals surface area contributed by atoms with Crippen molar-refractivity contribution in [3.8, 4) is 0 Å². The van der Waals surface area contributed by atoms with E-state index < -0.39 is 5.44 Å². The predicted molar refractivity (Wildman–Crippen MR) is 54.6 cm³/mol. The monoisotopic (exact) mass is 196 g/mol.